The third kappa shape index (κ3) is 6.78. The number of carbonyl (C=O) groups excluding carboxylic acids is 1. The zero-order valence-electron chi connectivity index (χ0n) is 22.5. The van der Waals surface area contributed by atoms with Crippen molar-refractivity contribution in [1.82, 2.24) is 4.90 Å². The van der Waals surface area contributed by atoms with Crippen LogP contribution in [0.3, 0.4) is 0 Å². The highest BCUT2D eigenvalue weighted by Crippen LogP contribution is 2.46. The van der Waals surface area contributed by atoms with Crippen molar-refractivity contribution in [2.75, 3.05) is 40.5 Å². The molecule has 1 heterocycles. The number of likely N-dealkylation sites (tertiary alicyclic amines) is 1. The van der Waals surface area contributed by atoms with Gasteiger partial charge in [0.15, 0.2) is 11.5 Å². The van der Waals surface area contributed by atoms with Gasteiger partial charge in [-0.25, -0.2) is 0 Å². The number of aliphatic hydroxyl groups is 1. The van der Waals surface area contributed by atoms with E-state index in [-0.39, 0.29) is 24.0 Å². The Hall–Kier alpha value is -2.61. The molecular weight excluding hydrogens is 458 g/mol. The summed E-state index contributed by atoms with van der Waals surface area (Å²) in [5.74, 6) is 1.14. The van der Waals surface area contributed by atoms with Crippen molar-refractivity contribution in [2.24, 2.45) is 5.41 Å². The van der Waals surface area contributed by atoms with Crippen LogP contribution in [0.4, 0.5) is 0 Å². The van der Waals surface area contributed by atoms with E-state index in [4.69, 9.17) is 18.9 Å². The molecule has 1 fully saturated rings. The van der Waals surface area contributed by atoms with Crippen LogP contribution in [0.25, 0.3) is 0 Å². The number of methoxy groups -OCH3 is 2. The molecule has 2 aromatic carbocycles. The van der Waals surface area contributed by atoms with E-state index >= 15 is 0 Å². The standard InChI is InChI=1S/C29H41NO6/c1-21(31)29(4)20-30(27(32)19-35-18-22-10-8-7-9-11-22)17-24(29)23-12-13-25(33-5)26(16-23)36-15-14-28(2,3)34-6/h7-13,16,21,24,31H,14-15,17-20H2,1-6H3/t21-,24?,29?/m1/s1. The van der Waals surface area contributed by atoms with E-state index in [0.29, 0.717) is 37.8 Å². The molecule has 198 valence electrons. The predicted molar refractivity (Wildman–Crippen MR) is 139 cm³/mol. The van der Waals surface area contributed by atoms with Crippen LogP contribution in [0.15, 0.2) is 48.5 Å². The first-order chi connectivity index (χ1) is 17.1. The van der Waals surface area contributed by atoms with Gasteiger partial charge in [0.1, 0.15) is 6.61 Å². The van der Waals surface area contributed by atoms with Gasteiger partial charge in [0.2, 0.25) is 5.91 Å². The van der Waals surface area contributed by atoms with Gasteiger partial charge in [-0.3, -0.25) is 4.79 Å². The molecule has 1 aliphatic heterocycles. The van der Waals surface area contributed by atoms with Crippen LogP contribution in [-0.2, 0) is 20.9 Å². The molecule has 2 unspecified atom stereocenters. The molecule has 2 aromatic rings. The van der Waals surface area contributed by atoms with Crippen LogP contribution >= 0.6 is 0 Å². The number of hydrogen-bond acceptors (Lipinski definition) is 6. The summed E-state index contributed by atoms with van der Waals surface area (Å²) in [6.07, 6.45) is 0.108. The van der Waals surface area contributed by atoms with Crippen LogP contribution in [0.5, 0.6) is 11.5 Å². The van der Waals surface area contributed by atoms with Gasteiger partial charge in [0.25, 0.3) is 0 Å². The predicted octanol–water partition coefficient (Wildman–Crippen LogP) is 4.42. The molecule has 0 aliphatic carbocycles. The Bertz CT molecular complexity index is 993. The van der Waals surface area contributed by atoms with Crippen LogP contribution in [0.1, 0.15) is 51.2 Å². The lowest BCUT2D eigenvalue weighted by atomic mass is 9.72. The molecule has 0 spiro atoms. The number of aliphatic hydroxyl groups excluding tert-OH is 1. The Kier molecular flexibility index (Phi) is 9.39. The van der Waals surface area contributed by atoms with Crippen molar-refractivity contribution in [3.05, 3.63) is 59.7 Å². The number of hydrogen-bond donors (Lipinski definition) is 1. The van der Waals surface area contributed by atoms with Crippen molar-refractivity contribution >= 4 is 5.91 Å². The number of benzene rings is 2. The molecule has 0 aromatic heterocycles. The fourth-order valence-electron chi connectivity index (χ4n) is 4.57. The molecular formula is C29H41NO6. The Morgan fingerprint density at radius 1 is 1.17 bits per heavy atom. The fourth-order valence-corrected chi connectivity index (χ4v) is 4.57. The smallest absolute Gasteiger partial charge is 0.248 e. The van der Waals surface area contributed by atoms with E-state index in [9.17, 15) is 9.90 Å². The topological polar surface area (TPSA) is 77.5 Å². The summed E-state index contributed by atoms with van der Waals surface area (Å²) in [5, 5.41) is 10.8. The van der Waals surface area contributed by atoms with Crippen molar-refractivity contribution < 1.29 is 28.8 Å². The van der Waals surface area contributed by atoms with Gasteiger partial charge in [-0.15, -0.1) is 0 Å². The van der Waals surface area contributed by atoms with E-state index in [1.165, 1.54) is 0 Å². The molecule has 0 radical (unpaired) electrons. The number of amides is 1. The minimum Gasteiger partial charge on any atom is -0.493 e. The number of carbonyl (C=O) groups is 1. The highest BCUT2D eigenvalue weighted by Gasteiger charge is 2.48. The number of ether oxygens (including phenoxy) is 4. The fraction of sp³-hybridized carbons (Fsp3) is 0.552. The Labute approximate surface area is 215 Å². The van der Waals surface area contributed by atoms with Gasteiger partial charge < -0.3 is 29.0 Å². The zero-order valence-corrected chi connectivity index (χ0v) is 22.5. The summed E-state index contributed by atoms with van der Waals surface area (Å²) >= 11 is 0. The molecule has 36 heavy (non-hydrogen) atoms. The molecule has 1 saturated heterocycles. The molecule has 3 atom stereocenters. The van der Waals surface area contributed by atoms with Crippen molar-refractivity contribution in [2.45, 2.75) is 58.3 Å². The van der Waals surface area contributed by atoms with E-state index in [2.05, 4.69) is 0 Å². The first-order valence-electron chi connectivity index (χ1n) is 12.5. The van der Waals surface area contributed by atoms with Gasteiger partial charge in [0.05, 0.1) is 32.0 Å². The largest absolute Gasteiger partial charge is 0.493 e. The van der Waals surface area contributed by atoms with Crippen LogP contribution in [0, 0.1) is 5.41 Å². The van der Waals surface area contributed by atoms with E-state index in [0.717, 1.165) is 17.5 Å². The van der Waals surface area contributed by atoms with Gasteiger partial charge >= 0.3 is 0 Å². The minimum atomic E-state index is -0.612. The lowest BCUT2D eigenvalue weighted by molar-refractivity contribution is -0.136. The lowest BCUT2D eigenvalue weighted by Crippen LogP contribution is -2.38. The summed E-state index contributed by atoms with van der Waals surface area (Å²) in [6.45, 7) is 9.68. The highest BCUT2D eigenvalue weighted by atomic mass is 16.5. The second kappa shape index (κ2) is 12.1. The highest BCUT2D eigenvalue weighted by molar-refractivity contribution is 5.78. The quantitative estimate of drug-likeness (QED) is 0.466. The summed E-state index contributed by atoms with van der Waals surface area (Å²) in [5.41, 5.74) is 1.22. The maximum absolute atomic E-state index is 13.0. The molecule has 0 bridgehead atoms. The third-order valence-electron chi connectivity index (χ3n) is 7.48. The molecule has 0 saturated carbocycles. The molecule has 1 aliphatic rings. The molecule has 1 amide bonds. The lowest BCUT2D eigenvalue weighted by Gasteiger charge is -2.34. The minimum absolute atomic E-state index is 0.00373. The SMILES string of the molecule is COc1ccc(C2CN(C(=O)COCc3ccccc3)CC2(C)[C@@H](C)O)cc1OCCC(C)(C)OC. The second-order valence-electron chi connectivity index (χ2n) is 10.5. The van der Waals surface area contributed by atoms with E-state index < -0.39 is 11.5 Å². The maximum Gasteiger partial charge on any atom is 0.248 e. The summed E-state index contributed by atoms with van der Waals surface area (Å²) in [4.78, 5) is 14.8. The van der Waals surface area contributed by atoms with Crippen molar-refractivity contribution in [3.8, 4) is 11.5 Å². The average molecular weight is 500 g/mol. The van der Waals surface area contributed by atoms with Crippen LogP contribution < -0.4 is 9.47 Å². The van der Waals surface area contributed by atoms with Gasteiger partial charge in [-0.1, -0.05) is 43.3 Å². The van der Waals surface area contributed by atoms with Crippen molar-refractivity contribution in [3.63, 3.8) is 0 Å². The maximum atomic E-state index is 13.0. The summed E-state index contributed by atoms with van der Waals surface area (Å²) < 4.78 is 22.8. The van der Waals surface area contributed by atoms with Gasteiger partial charge in [0, 0.05) is 38.0 Å². The monoisotopic (exact) mass is 499 g/mol. The van der Waals surface area contributed by atoms with Gasteiger partial charge in [-0.05, 0) is 44.0 Å². The summed E-state index contributed by atoms with van der Waals surface area (Å²) in [6, 6.07) is 15.7. The first kappa shape index (κ1) is 28.0. The molecule has 3 rings (SSSR count). The second-order valence-corrected chi connectivity index (χ2v) is 10.5. The Morgan fingerprint density at radius 3 is 2.53 bits per heavy atom. The van der Waals surface area contributed by atoms with E-state index in [1.807, 2.05) is 69.3 Å². The Morgan fingerprint density at radius 2 is 1.89 bits per heavy atom. The summed E-state index contributed by atoms with van der Waals surface area (Å²) in [7, 11) is 3.31. The van der Waals surface area contributed by atoms with Gasteiger partial charge in [-0.2, -0.15) is 0 Å². The molecule has 7 nitrogen and oxygen atoms in total. The molecule has 1 N–H and O–H groups in total. The normalized spacial score (nSPS) is 20.9. The van der Waals surface area contributed by atoms with Crippen molar-refractivity contribution in [1.29, 1.82) is 0 Å². The first-order valence-corrected chi connectivity index (χ1v) is 12.5. The number of rotatable bonds is 12. The zero-order chi connectivity index (χ0) is 26.3. The average Bonchev–Trinajstić information content (AvgIpc) is 3.23. The Balaban J connectivity index is 1.72. The molecule has 7 heteroatoms. The van der Waals surface area contributed by atoms with E-state index in [1.54, 1.807) is 26.0 Å². The number of nitrogens with zero attached hydrogens (tertiary/aromatic N) is 1. The third-order valence-corrected chi connectivity index (χ3v) is 7.48. The van der Waals surface area contributed by atoms with Crippen LogP contribution in [-0.4, -0.2) is 68.1 Å². The van der Waals surface area contributed by atoms with Crippen LogP contribution in [0.2, 0.25) is 0 Å².